The number of allylic oxidation sites excluding steroid dienone is 2. The van der Waals surface area contributed by atoms with Gasteiger partial charge < -0.3 is 10.1 Å². The van der Waals surface area contributed by atoms with E-state index >= 15 is 0 Å². The summed E-state index contributed by atoms with van der Waals surface area (Å²) in [6.45, 7) is 4.74. The minimum atomic E-state index is -0.229. The molecule has 0 unspecified atom stereocenters. The van der Waals surface area contributed by atoms with E-state index in [9.17, 15) is 14.4 Å². The average molecular weight is 399 g/mol. The maximum atomic E-state index is 12.4. The highest BCUT2D eigenvalue weighted by atomic mass is 16.5. The zero-order valence-electron chi connectivity index (χ0n) is 17.2. The lowest BCUT2D eigenvalue weighted by atomic mass is 9.85. The van der Waals surface area contributed by atoms with Crippen LogP contribution in [0.4, 0.5) is 0 Å². The molecule has 1 aromatic carbocycles. The lowest BCUT2D eigenvalue weighted by molar-refractivity contribution is -0.140. The predicted octanol–water partition coefficient (Wildman–Crippen LogP) is 2.86. The molecular formula is C23H30N2O4. The maximum absolute atomic E-state index is 12.4. The van der Waals surface area contributed by atoms with Gasteiger partial charge in [-0.05, 0) is 57.2 Å². The van der Waals surface area contributed by atoms with Gasteiger partial charge in [0.05, 0.1) is 17.9 Å². The largest absolute Gasteiger partial charge is 0.491 e. The normalized spacial score (nSPS) is 20.9. The van der Waals surface area contributed by atoms with Crippen LogP contribution in [0.3, 0.4) is 0 Å². The lowest BCUT2D eigenvalue weighted by Gasteiger charge is -2.14. The zero-order chi connectivity index (χ0) is 20.8. The first kappa shape index (κ1) is 21.1. The zero-order valence-corrected chi connectivity index (χ0v) is 17.2. The number of benzene rings is 1. The van der Waals surface area contributed by atoms with Crippen molar-refractivity contribution in [1.82, 2.24) is 10.2 Å². The number of aryl methyl sites for hydroxylation is 1. The van der Waals surface area contributed by atoms with E-state index in [0.717, 1.165) is 18.6 Å². The Morgan fingerprint density at radius 3 is 2.31 bits per heavy atom. The Morgan fingerprint density at radius 1 is 1.10 bits per heavy atom. The average Bonchev–Trinajstić information content (AvgIpc) is 2.95. The topological polar surface area (TPSA) is 75.7 Å². The van der Waals surface area contributed by atoms with Gasteiger partial charge in [-0.3, -0.25) is 19.3 Å². The van der Waals surface area contributed by atoms with Crippen LogP contribution in [0, 0.1) is 11.8 Å². The summed E-state index contributed by atoms with van der Waals surface area (Å²) in [6.07, 6.45) is 7.19. The summed E-state index contributed by atoms with van der Waals surface area (Å²) in [5.74, 6) is 0.0304. The smallest absolute Gasteiger partial charge is 0.233 e. The Kier molecular flexibility index (Phi) is 7.07. The van der Waals surface area contributed by atoms with Crippen LogP contribution in [0.2, 0.25) is 0 Å². The van der Waals surface area contributed by atoms with Crippen molar-refractivity contribution in [2.45, 2.75) is 52.1 Å². The number of nitrogens with one attached hydrogen (secondary N) is 1. The second-order valence-electron chi connectivity index (χ2n) is 8.00. The summed E-state index contributed by atoms with van der Waals surface area (Å²) in [7, 11) is 0. The fourth-order valence-electron chi connectivity index (χ4n) is 3.92. The molecule has 2 atom stereocenters. The number of ether oxygens (including phenoxy) is 1. The second-order valence-corrected chi connectivity index (χ2v) is 8.00. The van der Waals surface area contributed by atoms with Crippen molar-refractivity contribution >= 4 is 17.7 Å². The van der Waals surface area contributed by atoms with Crippen LogP contribution in [-0.4, -0.2) is 41.8 Å². The number of nitrogens with zero attached hydrogens (tertiary/aromatic N) is 1. The van der Waals surface area contributed by atoms with Crippen LogP contribution < -0.4 is 10.1 Å². The molecule has 29 heavy (non-hydrogen) atoms. The third-order valence-electron chi connectivity index (χ3n) is 5.42. The highest BCUT2D eigenvalue weighted by Gasteiger charge is 2.46. The molecule has 0 bridgehead atoms. The lowest BCUT2D eigenvalue weighted by Crippen LogP contribution is -2.35. The number of carbonyl (C=O) groups is 3. The van der Waals surface area contributed by atoms with E-state index in [4.69, 9.17) is 4.74 Å². The molecule has 6 nitrogen and oxygen atoms in total. The van der Waals surface area contributed by atoms with E-state index in [1.54, 1.807) is 0 Å². The van der Waals surface area contributed by atoms with Crippen molar-refractivity contribution in [1.29, 1.82) is 0 Å². The van der Waals surface area contributed by atoms with Gasteiger partial charge in [0.25, 0.3) is 0 Å². The standard InChI is InChI=1S/C23H30N2O4/c1-16(2)29-18-11-9-17(10-12-18)6-5-14-24-21(26)13-15-25-22(27)19-7-3-4-8-20(19)23(25)28/h3-4,9-12,16,19-20H,5-8,13-15H2,1-2H3,(H,24,26)/t19-,20+. The summed E-state index contributed by atoms with van der Waals surface area (Å²) in [5.41, 5.74) is 1.19. The van der Waals surface area contributed by atoms with Gasteiger partial charge in [0, 0.05) is 19.5 Å². The van der Waals surface area contributed by atoms with Gasteiger partial charge in [0.1, 0.15) is 5.75 Å². The minimum Gasteiger partial charge on any atom is -0.491 e. The molecule has 2 aliphatic rings. The molecule has 1 aromatic rings. The third-order valence-corrected chi connectivity index (χ3v) is 5.42. The number of likely N-dealkylation sites (tertiary alicyclic amines) is 1. The molecule has 1 aliphatic heterocycles. The van der Waals surface area contributed by atoms with Gasteiger partial charge in [-0.2, -0.15) is 0 Å². The monoisotopic (exact) mass is 398 g/mol. The Labute approximate surface area is 172 Å². The SMILES string of the molecule is CC(C)Oc1ccc(CCCNC(=O)CCN2C(=O)[C@H]3CC=CC[C@H]3C2=O)cc1. The number of rotatable bonds is 9. The molecule has 3 amide bonds. The predicted molar refractivity (Wildman–Crippen MR) is 110 cm³/mol. The van der Waals surface area contributed by atoms with Crippen molar-refractivity contribution in [3.63, 3.8) is 0 Å². The van der Waals surface area contributed by atoms with E-state index < -0.39 is 0 Å². The van der Waals surface area contributed by atoms with Crippen molar-refractivity contribution < 1.29 is 19.1 Å². The molecular weight excluding hydrogens is 368 g/mol. The Balaban J connectivity index is 1.34. The van der Waals surface area contributed by atoms with Gasteiger partial charge in [-0.1, -0.05) is 24.3 Å². The van der Waals surface area contributed by atoms with Gasteiger partial charge in [0.15, 0.2) is 0 Å². The molecule has 1 N–H and O–H groups in total. The van der Waals surface area contributed by atoms with Gasteiger partial charge >= 0.3 is 0 Å². The highest BCUT2D eigenvalue weighted by molar-refractivity contribution is 6.05. The number of amides is 3. The first-order chi connectivity index (χ1) is 14.0. The maximum Gasteiger partial charge on any atom is 0.233 e. The number of hydrogen-bond donors (Lipinski definition) is 1. The van der Waals surface area contributed by atoms with Gasteiger partial charge in [0.2, 0.25) is 17.7 Å². The van der Waals surface area contributed by atoms with Crippen LogP contribution in [0.5, 0.6) is 5.75 Å². The van der Waals surface area contributed by atoms with Crippen LogP contribution in [0.1, 0.15) is 45.1 Å². The third kappa shape index (κ3) is 5.46. The first-order valence-electron chi connectivity index (χ1n) is 10.5. The summed E-state index contributed by atoms with van der Waals surface area (Å²) in [4.78, 5) is 38.2. The molecule has 0 radical (unpaired) electrons. The highest BCUT2D eigenvalue weighted by Crippen LogP contribution is 2.34. The van der Waals surface area contributed by atoms with Crippen molar-refractivity contribution in [3.05, 3.63) is 42.0 Å². The van der Waals surface area contributed by atoms with Crippen molar-refractivity contribution in [2.24, 2.45) is 11.8 Å². The molecule has 156 valence electrons. The fraction of sp³-hybridized carbons (Fsp3) is 0.522. The molecule has 0 spiro atoms. The molecule has 0 saturated carbocycles. The van der Waals surface area contributed by atoms with E-state index in [0.29, 0.717) is 19.4 Å². The van der Waals surface area contributed by atoms with Crippen molar-refractivity contribution in [2.75, 3.05) is 13.1 Å². The molecule has 1 heterocycles. The van der Waals surface area contributed by atoms with Crippen LogP contribution in [0.15, 0.2) is 36.4 Å². The van der Waals surface area contributed by atoms with E-state index in [1.807, 2.05) is 50.3 Å². The molecule has 0 aromatic heterocycles. The summed E-state index contributed by atoms with van der Waals surface area (Å²) in [5, 5.41) is 2.88. The van der Waals surface area contributed by atoms with E-state index in [-0.39, 0.29) is 48.6 Å². The molecule has 6 heteroatoms. The summed E-state index contributed by atoms with van der Waals surface area (Å²) in [6, 6.07) is 8.01. The first-order valence-corrected chi connectivity index (χ1v) is 10.5. The molecule has 1 fully saturated rings. The number of imide groups is 1. The molecule has 1 aliphatic carbocycles. The molecule has 1 saturated heterocycles. The summed E-state index contributed by atoms with van der Waals surface area (Å²) >= 11 is 0. The summed E-state index contributed by atoms with van der Waals surface area (Å²) < 4.78 is 5.63. The van der Waals surface area contributed by atoms with Gasteiger partial charge in [-0.15, -0.1) is 0 Å². The van der Waals surface area contributed by atoms with Crippen LogP contribution >= 0.6 is 0 Å². The Morgan fingerprint density at radius 2 is 1.72 bits per heavy atom. The number of hydrogen-bond acceptors (Lipinski definition) is 4. The Bertz CT molecular complexity index is 744. The van der Waals surface area contributed by atoms with E-state index in [2.05, 4.69) is 5.32 Å². The van der Waals surface area contributed by atoms with E-state index in [1.165, 1.54) is 10.5 Å². The fourth-order valence-corrected chi connectivity index (χ4v) is 3.92. The number of carbonyl (C=O) groups excluding carboxylic acids is 3. The quantitative estimate of drug-likeness (QED) is 0.394. The minimum absolute atomic E-state index is 0.123. The van der Waals surface area contributed by atoms with Crippen molar-refractivity contribution in [3.8, 4) is 5.75 Å². The Hall–Kier alpha value is -2.63. The van der Waals surface area contributed by atoms with Crippen LogP contribution in [-0.2, 0) is 20.8 Å². The number of fused-ring (bicyclic) bond motifs is 1. The second kappa shape index (κ2) is 9.72. The van der Waals surface area contributed by atoms with Crippen LogP contribution in [0.25, 0.3) is 0 Å². The van der Waals surface area contributed by atoms with Gasteiger partial charge in [-0.25, -0.2) is 0 Å². The molecule has 3 rings (SSSR count).